The standard InChI is InChI=1S/C40H55N9O6S2/c1-24(2)32(46-39(54)48(5)21-28-23-57-38(41)43-28)36(52)44-29(19-26-13-9-7-10-14-26)34(50)35(51)30(20-27-15-11-8-12-16-27)45-37(53)33(25(3)4)47-40(55)49(6)22-31-42-17-18-56-31/h7-18,23-25,29-30,32-35,50-51H,19-22H2,1-6H3,(H2,41,43)(H,44,52)(H,45,53)(H,46,54)(H,47,55)/t29-,30-,32?,33?,34-,35-/m0/s1. The van der Waals surface area contributed by atoms with Gasteiger partial charge in [-0.1, -0.05) is 88.4 Å². The van der Waals surface area contributed by atoms with Crippen LogP contribution in [0.1, 0.15) is 49.5 Å². The lowest BCUT2D eigenvalue weighted by atomic mass is 9.90. The second-order valence-electron chi connectivity index (χ2n) is 14.7. The highest BCUT2D eigenvalue weighted by molar-refractivity contribution is 7.13. The summed E-state index contributed by atoms with van der Waals surface area (Å²) in [5.41, 5.74) is 7.91. The molecule has 308 valence electrons. The minimum absolute atomic E-state index is 0.122. The van der Waals surface area contributed by atoms with Crippen LogP contribution in [0.5, 0.6) is 0 Å². The van der Waals surface area contributed by atoms with Crippen molar-refractivity contribution in [3.8, 4) is 0 Å². The van der Waals surface area contributed by atoms with Crippen LogP contribution < -0.4 is 27.0 Å². The fourth-order valence-electron chi connectivity index (χ4n) is 6.14. The minimum atomic E-state index is -1.60. The third kappa shape index (κ3) is 13.5. The van der Waals surface area contributed by atoms with E-state index >= 15 is 0 Å². The number of nitrogens with two attached hydrogens (primary N) is 1. The second-order valence-corrected chi connectivity index (χ2v) is 16.6. The Labute approximate surface area is 342 Å². The summed E-state index contributed by atoms with van der Waals surface area (Å²) in [7, 11) is 3.19. The number of thiazole rings is 2. The van der Waals surface area contributed by atoms with Crippen LogP contribution >= 0.6 is 22.7 Å². The van der Waals surface area contributed by atoms with Crippen LogP contribution in [0.15, 0.2) is 77.6 Å². The number of anilines is 1. The number of aliphatic hydroxyl groups is 2. The van der Waals surface area contributed by atoms with Gasteiger partial charge in [0.25, 0.3) is 0 Å². The monoisotopic (exact) mass is 821 g/mol. The van der Waals surface area contributed by atoms with Gasteiger partial charge in [0.15, 0.2) is 5.13 Å². The lowest BCUT2D eigenvalue weighted by Gasteiger charge is -2.35. The van der Waals surface area contributed by atoms with Crippen molar-refractivity contribution in [1.29, 1.82) is 0 Å². The molecule has 4 aromatic rings. The predicted octanol–water partition coefficient (Wildman–Crippen LogP) is 3.39. The summed E-state index contributed by atoms with van der Waals surface area (Å²) in [4.78, 5) is 65.7. The maximum Gasteiger partial charge on any atom is 0.318 e. The molecule has 2 heterocycles. The summed E-state index contributed by atoms with van der Waals surface area (Å²) >= 11 is 2.68. The molecule has 0 bridgehead atoms. The number of rotatable bonds is 19. The molecular formula is C40H55N9O6S2. The van der Waals surface area contributed by atoms with E-state index in [1.165, 1.54) is 32.5 Å². The molecule has 0 aliphatic heterocycles. The zero-order valence-electron chi connectivity index (χ0n) is 33.2. The lowest BCUT2D eigenvalue weighted by molar-refractivity contribution is -0.129. The van der Waals surface area contributed by atoms with Crippen molar-refractivity contribution in [3.63, 3.8) is 0 Å². The average molecular weight is 822 g/mol. The highest BCUT2D eigenvalue weighted by Gasteiger charge is 2.38. The number of nitrogens with one attached hydrogen (secondary N) is 4. The summed E-state index contributed by atoms with van der Waals surface area (Å²) in [6.45, 7) is 7.60. The van der Waals surface area contributed by atoms with Crippen molar-refractivity contribution in [2.75, 3.05) is 19.8 Å². The van der Waals surface area contributed by atoms with Crippen molar-refractivity contribution >= 4 is 51.7 Å². The molecule has 0 aliphatic carbocycles. The van der Waals surface area contributed by atoms with Crippen molar-refractivity contribution in [3.05, 3.63) is 99.4 Å². The van der Waals surface area contributed by atoms with Gasteiger partial charge in [0.1, 0.15) is 29.3 Å². The molecule has 15 nitrogen and oxygen atoms in total. The third-order valence-electron chi connectivity index (χ3n) is 9.40. The molecule has 8 N–H and O–H groups in total. The molecule has 6 amide bonds. The molecule has 57 heavy (non-hydrogen) atoms. The highest BCUT2D eigenvalue weighted by atomic mass is 32.1. The summed E-state index contributed by atoms with van der Waals surface area (Å²) in [5, 5.41) is 40.1. The van der Waals surface area contributed by atoms with Crippen LogP contribution in [0.3, 0.4) is 0 Å². The van der Waals surface area contributed by atoms with Crippen LogP contribution in [0.25, 0.3) is 0 Å². The second kappa shape index (κ2) is 21.4. The first kappa shape index (κ1) is 44.6. The Morgan fingerprint density at radius 2 is 1.16 bits per heavy atom. The zero-order valence-corrected chi connectivity index (χ0v) is 34.8. The number of carbonyl (C=O) groups is 4. The van der Waals surface area contributed by atoms with Crippen LogP contribution in [0.4, 0.5) is 14.7 Å². The number of carbonyl (C=O) groups excluding carboxylic acids is 4. The SMILES string of the molecule is CC(C)C(NC(=O)N(C)Cc1csc(N)n1)C(=O)N[C@@H](Cc1ccccc1)[C@H](O)[C@@H](O)[C@H](Cc1ccccc1)NC(=O)C(NC(=O)N(C)Cc1nccs1)C(C)C. The van der Waals surface area contributed by atoms with E-state index in [-0.39, 0.29) is 37.8 Å². The molecule has 2 aromatic heterocycles. The summed E-state index contributed by atoms with van der Waals surface area (Å²) in [6, 6.07) is 13.3. The quantitative estimate of drug-likeness (QED) is 0.0738. The van der Waals surface area contributed by atoms with Crippen LogP contribution in [-0.4, -0.2) is 104 Å². The Morgan fingerprint density at radius 3 is 1.54 bits per heavy atom. The number of hydrogen-bond donors (Lipinski definition) is 7. The van der Waals surface area contributed by atoms with Gasteiger partial charge in [0, 0.05) is 31.1 Å². The number of nitrogens with zero attached hydrogens (tertiary/aromatic N) is 4. The highest BCUT2D eigenvalue weighted by Crippen LogP contribution is 2.18. The third-order valence-corrected chi connectivity index (χ3v) is 10.9. The molecule has 0 radical (unpaired) electrons. The van der Waals surface area contributed by atoms with Crippen molar-refractivity contribution < 1.29 is 29.4 Å². The first-order valence-electron chi connectivity index (χ1n) is 18.8. The van der Waals surface area contributed by atoms with Crippen molar-refractivity contribution in [2.24, 2.45) is 11.8 Å². The molecule has 0 saturated heterocycles. The zero-order chi connectivity index (χ0) is 41.6. The molecule has 0 aliphatic rings. The number of aromatic nitrogens is 2. The Morgan fingerprint density at radius 1 is 0.702 bits per heavy atom. The maximum atomic E-state index is 14.0. The maximum absolute atomic E-state index is 14.0. The Balaban J connectivity index is 1.56. The van der Waals surface area contributed by atoms with Gasteiger partial charge in [0.05, 0.1) is 30.9 Å². The number of benzene rings is 2. The van der Waals surface area contributed by atoms with Gasteiger partial charge in [-0.25, -0.2) is 19.6 Å². The van der Waals surface area contributed by atoms with Crippen molar-refractivity contribution in [2.45, 2.75) is 90.0 Å². The van der Waals surface area contributed by atoms with E-state index in [4.69, 9.17) is 5.73 Å². The molecule has 2 unspecified atom stereocenters. The topological polar surface area (TPSA) is 215 Å². The van der Waals surface area contributed by atoms with E-state index in [0.29, 0.717) is 10.8 Å². The van der Waals surface area contributed by atoms with E-state index in [9.17, 15) is 29.4 Å². The molecule has 17 heteroatoms. The van der Waals surface area contributed by atoms with Crippen LogP contribution in [0.2, 0.25) is 0 Å². The Bertz CT molecular complexity index is 1860. The molecule has 2 aromatic carbocycles. The Hall–Kier alpha value is -5.10. The van der Waals surface area contributed by atoms with Gasteiger partial charge in [0.2, 0.25) is 11.8 Å². The molecule has 0 saturated carbocycles. The summed E-state index contributed by atoms with van der Waals surface area (Å²) in [6.07, 6.45) is -1.29. The smallest absolute Gasteiger partial charge is 0.318 e. The van der Waals surface area contributed by atoms with Gasteiger partial charge in [-0.2, -0.15) is 0 Å². The Kier molecular flexibility index (Phi) is 16.8. The minimum Gasteiger partial charge on any atom is -0.388 e. The number of amides is 6. The van der Waals surface area contributed by atoms with E-state index in [1.807, 2.05) is 66.0 Å². The number of nitrogen functional groups attached to an aromatic ring is 1. The summed E-state index contributed by atoms with van der Waals surface area (Å²) < 4.78 is 0. The normalized spacial score (nSPS) is 14.5. The van der Waals surface area contributed by atoms with Gasteiger partial charge in [-0.05, 0) is 35.8 Å². The van der Waals surface area contributed by atoms with Gasteiger partial charge in [-0.3, -0.25) is 9.59 Å². The molecular weight excluding hydrogens is 767 g/mol. The fraction of sp³-hybridized carbons (Fsp3) is 0.450. The molecule has 4 rings (SSSR count). The van der Waals surface area contributed by atoms with Gasteiger partial charge in [-0.15, -0.1) is 22.7 Å². The van der Waals surface area contributed by atoms with Gasteiger partial charge < -0.3 is 47.0 Å². The van der Waals surface area contributed by atoms with E-state index in [0.717, 1.165) is 16.1 Å². The predicted molar refractivity (Wildman–Crippen MR) is 222 cm³/mol. The molecule has 0 fully saturated rings. The average Bonchev–Trinajstić information content (AvgIpc) is 3.86. The molecule has 6 atom stereocenters. The van der Waals surface area contributed by atoms with Crippen LogP contribution in [-0.2, 0) is 35.5 Å². The van der Waals surface area contributed by atoms with E-state index in [2.05, 4.69) is 31.2 Å². The first-order chi connectivity index (χ1) is 27.1. The number of aliphatic hydroxyl groups excluding tert-OH is 2. The fourth-order valence-corrected chi connectivity index (χ4v) is 7.37. The largest absolute Gasteiger partial charge is 0.388 e. The molecule has 0 spiro atoms. The van der Waals surface area contributed by atoms with Gasteiger partial charge >= 0.3 is 12.1 Å². The summed E-state index contributed by atoms with van der Waals surface area (Å²) in [5.74, 6) is -1.81. The van der Waals surface area contributed by atoms with Crippen molar-refractivity contribution in [1.82, 2.24) is 41.0 Å². The number of urea groups is 2. The first-order valence-corrected chi connectivity index (χ1v) is 20.5. The van der Waals surface area contributed by atoms with E-state index < -0.39 is 60.3 Å². The lowest BCUT2D eigenvalue weighted by Crippen LogP contribution is -2.62. The van der Waals surface area contributed by atoms with Crippen LogP contribution in [0, 0.1) is 11.8 Å². The number of hydrogen-bond acceptors (Lipinski definition) is 11. The van der Waals surface area contributed by atoms with E-state index in [1.54, 1.807) is 53.4 Å².